The van der Waals surface area contributed by atoms with Crippen LogP contribution in [0.1, 0.15) is 31.8 Å². The molecule has 2 heterocycles. The van der Waals surface area contributed by atoms with Crippen LogP contribution in [0.25, 0.3) is 0 Å². The van der Waals surface area contributed by atoms with E-state index in [1.165, 1.54) is 18.4 Å². The zero-order valence-corrected chi connectivity index (χ0v) is 19.8. The van der Waals surface area contributed by atoms with Crippen LogP contribution in [0.15, 0.2) is 42.7 Å². The summed E-state index contributed by atoms with van der Waals surface area (Å²) in [5.41, 5.74) is 1.36. The van der Waals surface area contributed by atoms with Crippen molar-refractivity contribution >= 4 is 40.5 Å². The molecule has 3 rings (SSSR count). The molecule has 172 valence electrons. The van der Waals surface area contributed by atoms with Crippen molar-refractivity contribution < 1.29 is 34.6 Å². The highest BCUT2D eigenvalue weighted by Crippen LogP contribution is 2.35. The van der Waals surface area contributed by atoms with Crippen LogP contribution in [0.2, 0.25) is 10.0 Å². The summed E-state index contributed by atoms with van der Waals surface area (Å²) in [5.74, 6) is 0.610. The lowest BCUT2D eigenvalue weighted by molar-refractivity contribution is -0.377. The summed E-state index contributed by atoms with van der Waals surface area (Å²) in [6, 6.07) is 8.83. The highest BCUT2D eigenvalue weighted by molar-refractivity contribution is 7.13. The Balaban J connectivity index is 0.00000363. The van der Waals surface area contributed by atoms with E-state index in [0.29, 0.717) is 44.0 Å². The zero-order chi connectivity index (χ0) is 22.4. The van der Waals surface area contributed by atoms with E-state index in [1.54, 1.807) is 37.7 Å². The summed E-state index contributed by atoms with van der Waals surface area (Å²) < 4.78 is 16.6. The number of thiophene rings is 1. The molecule has 1 aromatic carbocycles. The summed E-state index contributed by atoms with van der Waals surface area (Å²) >= 11 is 14.0. The molecule has 1 atom stereocenters. The molecule has 0 aliphatic rings. The first-order valence-corrected chi connectivity index (χ1v) is 11.0. The van der Waals surface area contributed by atoms with Gasteiger partial charge in [-0.3, -0.25) is 0 Å². The molecule has 32 heavy (non-hydrogen) atoms. The topological polar surface area (TPSA) is 109 Å². The SMILES string of the molecule is COc1ccc([C@H](Cc2c(Cl)c[nH+]cc2Cl)OC(=O)c2ccc(CCO)s2)cc1OC.[OH-]. The lowest BCUT2D eigenvalue weighted by Crippen LogP contribution is -2.15. The van der Waals surface area contributed by atoms with E-state index in [-0.39, 0.29) is 18.5 Å². The first-order valence-electron chi connectivity index (χ1n) is 9.43. The van der Waals surface area contributed by atoms with Gasteiger partial charge in [-0.1, -0.05) is 29.3 Å². The van der Waals surface area contributed by atoms with Gasteiger partial charge in [-0.15, -0.1) is 11.3 Å². The molecule has 0 spiro atoms. The van der Waals surface area contributed by atoms with Crippen LogP contribution >= 0.6 is 34.5 Å². The number of esters is 1. The third-order valence-corrected chi connectivity index (χ3v) is 6.44. The van der Waals surface area contributed by atoms with Crippen LogP contribution in [0, 0.1) is 0 Å². The maximum absolute atomic E-state index is 12.9. The van der Waals surface area contributed by atoms with E-state index in [2.05, 4.69) is 4.98 Å². The molecule has 0 bridgehead atoms. The van der Waals surface area contributed by atoms with E-state index in [9.17, 15) is 4.79 Å². The number of rotatable bonds is 9. The maximum atomic E-state index is 12.9. The number of H-pyrrole nitrogens is 1. The van der Waals surface area contributed by atoms with Crippen LogP contribution in [0.5, 0.6) is 11.5 Å². The number of aliphatic hydroxyl groups is 1. The van der Waals surface area contributed by atoms with Crippen LogP contribution in [-0.2, 0) is 17.6 Å². The third kappa shape index (κ3) is 6.11. The number of methoxy groups -OCH3 is 2. The zero-order valence-electron chi connectivity index (χ0n) is 17.4. The number of pyridine rings is 1. The fourth-order valence-corrected chi connectivity index (χ4v) is 4.47. The van der Waals surface area contributed by atoms with Gasteiger partial charge in [0.25, 0.3) is 0 Å². The Morgan fingerprint density at radius 3 is 2.41 bits per heavy atom. The molecule has 10 heteroatoms. The number of carbonyl (C=O) groups excluding carboxylic acids is 1. The summed E-state index contributed by atoms with van der Waals surface area (Å²) in [4.78, 5) is 17.1. The molecule has 2 aromatic heterocycles. The Morgan fingerprint density at radius 2 is 1.78 bits per heavy atom. The number of hydrogen-bond donors (Lipinski definition) is 1. The molecule has 7 nitrogen and oxygen atoms in total. The average molecular weight is 500 g/mol. The van der Waals surface area contributed by atoms with E-state index < -0.39 is 12.1 Å². The highest BCUT2D eigenvalue weighted by atomic mass is 35.5. The van der Waals surface area contributed by atoms with Crippen molar-refractivity contribution in [1.29, 1.82) is 0 Å². The number of carbonyl (C=O) groups is 1. The Labute approximate surface area is 199 Å². The van der Waals surface area contributed by atoms with Crippen molar-refractivity contribution in [3.63, 3.8) is 0 Å². The molecule has 0 aliphatic carbocycles. The number of aromatic amines is 1. The van der Waals surface area contributed by atoms with Gasteiger partial charge in [0.05, 0.1) is 14.2 Å². The van der Waals surface area contributed by atoms with E-state index in [1.807, 2.05) is 12.1 Å². The third-order valence-electron chi connectivity index (χ3n) is 4.64. The van der Waals surface area contributed by atoms with Gasteiger partial charge in [0, 0.05) is 29.9 Å². The Hall–Kier alpha value is -2.36. The monoisotopic (exact) mass is 499 g/mol. The minimum absolute atomic E-state index is 0. The van der Waals surface area contributed by atoms with Crippen molar-refractivity contribution in [1.82, 2.24) is 0 Å². The fraction of sp³-hybridized carbons (Fsp3) is 0.273. The largest absolute Gasteiger partial charge is 0.870 e. The number of aromatic nitrogens is 1. The quantitative estimate of drug-likeness (QED) is 0.437. The molecule has 0 unspecified atom stereocenters. The molecule has 0 amide bonds. The number of nitrogens with one attached hydrogen (secondary N) is 1. The second-order valence-corrected chi connectivity index (χ2v) is 8.56. The average Bonchev–Trinajstić information content (AvgIpc) is 3.24. The molecule has 0 radical (unpaired) electrons. The van der Waals surface area contributed by atoms with Crippen molar-refractivity contribution in [2.75, 3.05) is 20.8 Å². The van der Waals surface area contributed by atoms with Gasteiger partial charge >= 0.3 is 5.97 Å². The van der Waals surface area contributed by atoms with E-state index in [0.717, 1.165) is 4.88 Å². The Kier molecular flexibility index (Phi) is 9.74. The standard InChI is InChI=1S/C22H21Cl2NO5S.H2O/c1-28-18-5-3-13(9-20(18)29-2)19(10-15-16(23)11-25-12-17(15)24)30-22(27)21-6-4-14(31-21)7-8-26;/h3-6,9,11-12,19,26H,7-8,10H2,1-2H3;1H2/t19-;/m0./s1. The van der Waals surface area contributed by atoms with Gasteiger partial charge in [0.15, 0.2) is 23.9 Å². The summed E-state index contributed by atoms with van der Waals surface area (Å²) in [6.07, 6.45) is 3.33. The number of halogens is 2. The molecule has 0 aliphatic heterocycles. The highest BCUT2D eigenvalue weighted by Gasteiger charge is 2.24. The van der Waals surface area contributed by atoms with Gasteiger partial charge in [0.2, 0.25) is 0 Å². The van der Waals surface area contributed by atoms with Gasteiger partial charge in [-0.05, 0) is 29.8 Å². The van der Waals surface area contributed by atoms with Gasteiger partial charge in [-0.25, -0.2) is 9.78 Å². The first-order chi connectivity index (χ1) is 15.0. The molecule has 0 saturated carbocycles. The molecular weight excluding hydrogens is 477 g/mol. The Morgan fingerprint density at radius 1 is 1.09 bits per heavy atom. The molecule has 3 N–H and O–H groups in total. The Bertz CT molecular complexity index is 1040. The van der Waals surface area contributed by atoms with E-state index in [4.69, 9.17) is 42.5 Å². The molecule has 0 fully saturated rings. The molecular formula is C22H23Cl2NO6S. The van der Waals surface area contributed by atoms with Crippen molar-refractivity contribution in [3.05, 3.63) is 73.7 Å². The number of aliphatic hydroxyl groups excluding tert-OH is 1. The van der Waals surface area contributed by atoms with Crippen molar-refractivity contribution in [2.24, 2.45) is 0 Å². The second-order valence-electron chi connectivity index (χ2n) is 6.58. The number of hydrogen-bond acceptors (Lipinski definition) is 7. The first kappa shape index (κ1) is 25.9. The van der Waals surface area contributed by atoms with Crippen molar-refractivity contribution in [3.8, 4) is 11.5 Å². The summed E-state index contributed by atoms with van der Waals surface area (Å²) in [7, 11) is 3.09. The van der Waals surface area contributed by atoms with Crippen LogP contribution in [0.4, 0.5) is 0 Å². The fourth-order valence-electron chi connectivity index (χ4n) is 3.06. The summed E-state index contributed by atoms with van der Waals surface area (Å²) in [6.45, 7) is 0.0191. The van der Waals surface area contributed by atoms with Gasteiger partial charge in [0.1, 0.15) is 21.0 Å². The maximum Gasteiger partial charge on any atom is 0.348 e. The number of benzene rings is 1. The minimum Gasteiger partial charge on any atom is -0.870 e. The second kappa shape index (κ2) is 12.0. The van der Waals surface area contributed by atoms with Crippen LogP contribution in [-0.4, -0.2) is 37.4 Å². The predicted octanol–water partition coefficient (Wildman–Crippen LogP) is 4.39. The lowest BCUT2D eigenvalue weighted by Gasteiger charge is -2.20. The van der Waals surface area contributed by atoms with Crippen LogP contribution in [0.3, 0.4) is 0 Å². The smallest absolute Gasteiger partial charge is 0.348 e. The van der Waals surface area contributed by atoms with Crippen molar-refractivity contribution in [2.45, 2.75) is 18.9 Å². The van der Waals surface area contributed by atoms with Crippen LogP contribution < -0.4 is 14.5 Å². The summed E-state index contributed by atoms with van der Waals surface area (Å²) in [5, 5.41) is 9.99. The minimum atomic E-state index is -0.673. The van der Waals surface area contributed by atoms with Gasteiger partial charge in [-0.2, -0.15) is 0 Å². The number of ether oxygens (including phenoxy) is 3. The van der Waals surface area contributed by atoms with E-state index >= 15 is 0 Å². The molecule has 0 saturated heterocycles. The van der Waals surface area contributed by atoms with Gasteiger partial charge < -0.3 is 24.8 Å². The predicted molar refractivity (Wildman–Crippen MR) is 121 cm³/mol. The lowest BCUT2D eigenvalue weighted by atomic mass is 10.0. The molecule has 3 aromatic rings. The normalized spacial score (nSPS) is 11.4.